The van der Waals surface area contributed by atoms with Crippen LogP contribution < -0.4 is 4.74 Å². The molecule has 1 aliphatic carbocycles. The van der Waals surface area contributed by atoms with Crippen molar-refractivity contribution in [3.8, 4) is 5.75 Å². The number of alkyl halides is 3. The molecular formula is C24H32F3N3O6. The van der Waals surface area contributed by atoms with E-state index in [2.05, 4.69) is 4.74 Å². The molecule has 1 aromatic rings. The van der Waals surface area contributed by atoms with Gasteiger partial charge < -0.3 is 24.4 Å². The van der Waals surface area contributed by atoms with E-state index in [9.17, 15) is 27.6 Å². The average molecular weight is 516 g/mol. The number of carbonyl (C=O) groups excluding carboxylic acids is 2. The minimum Gasteiger partial charge on any atom is -0.481 e. The third-order valence-electron chi connectivity index (χ3n) is 7.35. The molecule has 2 amide bonds. The lowest BCUT2D eigenvalue weighted by Crippen LogP contribution is -2.56. The highest BCUT2D eigenvalue weighted by molar-refractivity contribution is 5.79. The van der Waals surface area contributed by atoms with Gasteiger partial charge in [-0.05, 0) is 57.5 Å². The Hall–Kier alpha value is -2.86. The van der Waals surface area contributed by atoms with Crippen LogP contribution in [0.15, 0.2) is 24.3 Å². The van der Waals surface area contributed by atoms with E-state index in [1.165, 1.54) is 12.1 Å². The van der Waals surface area contributed by atoms with E-state index >= 15 is 0 Å². The van der Waals surface area contributed by atoms with E-state index in [-0.39, 0.29) is 24.7 Å². The standard InChI is InChI=1S/C24H32F3N3O6/c1-28(2)23(17-5-4-6-18(15-17)36-20(33)24(25,26)27)10-8-22(9-11-23)16-29(12-7-19(31)32)21(34)30(22)13-14-35-3/h4-6,15H,7-14,16H2,1-3H3,(H,31,32)/t22-,23+. The van der Waals surface area contributed by atoms with Crippen molar-refractivity contribution in [3.05, 3.63) is 29.8 Å². The van der Waals surface area contributed by atoms with Gasteiger partial charge in [-0.2, -0.15) is 13.2 Å². The first kappa shape index (κ1) is 27.7. The number of hydrogen-bond donors (Lipinski definition) is 1. The Kier molecular flexibility index (Phi) is 8.19. The van der Waals surface area contributed by atoms with Gasteiger partial charge in [0.15, 0.2) is 0 Å². The summed E-state index contributed by atoms with van der Waals surface area (Å²) in [5, 5.41) is 9.08. The predicted molar refractivity (Wildman–Crippen MR) is 122 cm³/mol. The van der Waals surface area contributed by atoms with Crippen LogP contribution in [0, 0.1) is 0 Å². The van der Waals surface area contributed by atoms with Crippen LogP contribution in [0.3, 0.4) is 0 Å². The second kappa shape index (κ2) is 10.6. The molecule has 2 aliphatic rings. The van der Waals surface area contributed by atoms with Crippen molar-refractivity contribution in [3.63, 3.8) is 0 Å². The number of benzene rings is 1. The highest BCUT2D eigenvalue weighted by Crippen LogP contribution is 2.49. The number of aliphatic carboxylic acids is 1. The van der Waals surface area contributed by atoms with Gasteiger partial charge in [0.2, 0.25) is 0 Å². The van der Waals surface area contributed by atoms with Gasteiger partial charge in [0.1, 0.15) is 5.75 Å². The van der Waals surface area contributed by atoms with Gasteiger partial charge in [0, 0.05) is 32.3 Å². The number of halogens is 3. The van der Waals surface area contributed by atoms with Crippen LogP contribution in [0.25, 0.3) is 0 Å². The predicted octanol–water partition coefficient (Wildman–Crippen LogP) is 3.08. The summed E-state index contributed by atoms with van der Waals surface area (Å²) in [5.74, 6) is -3.44. The zero-order chi connectivity index (χ0) is 26.7. The van der Waals surface area contributed by atoms with Gasteiger partial charge in [-0.3, -0.25) is 9.69 Å². The second-order valence-corrected chi connectivity index (χ2v) is 9.56. The van der Waals surface area contributed by atoms with Gasteiger partial charge >= 0.3 is 24.1 Å². The quantitative estimate of drug-likeness (QED) is 0.399. The fourth-order valence-electron chi connectivity index (χ4n) is 5.37. The molecule has 1 aliphatic heterocycles. The molecule has 1 saturated carbocycles. The smallest absolute Gasteiger partial charge is 0.481 e. The van der Waals surface area contributed by atoms with Gasteiger partial charge in [-0.1, -0.05) is 12.1 Å². The Labute approximate surface area is 207 Å². The zero-order valence-electron chi connectivity index (χ0n) is 20.6. The number of carbonyl (C=O) groups is 3. The molecule has 1 saturated heterocycles. The molecule has 1 heterocycles. The summed E-state index contributed by atoms with van der Waals surface area (Å²) in [7, 11) is 5.31. The Bertz CT molecular complexity index is 976. The van der Waals surface area contributed by atoms with Gasteiger partial charge in [0.25, 0.3) is 0 Å². The number of ether oxygens (including phenoxy) is 2. The maximum atomic E-state index is 13.1. The lowest BCUT2D eigenvalue weighted by Gasteiger charge is -2.51. The zero-order valence-corrected chi connectivity index (χ0v) is 20.6. The minimum absolute atomic E-state index is 0.116. The van der Waals surface area contributed by atoms with E-state index < -0.39 is 29.2 Å². The molecule has 3 rings (SSSR count). The second-order valence-electron chi connectivity index (χ2n) is 9.56. The largest absolute Gasteiger partial charge is 0.491 e. The van der Waals surface area contributed by atoms with Crippen LogP contribution in [-0.2, 0) is 19.9 Å². The number of rotatable bonds is 9. The Balaban J connectivity index is 1.85. The molecule has 9 nitrogen and oxygen atoms in total. The number of amides is 2. The number of hydrogen-bond acceptors (Lipinski definition) is 6. The molecule has 1 spiro atoms. The number of methoxy groups -OCH3 is 1. The van der Waals surface area contributed by atoms with E-state index in [4.69, 9.17) is 9.84 Å². The van der Waals surface area contributed by atoms with Gasteiger partial charge in [-0.15, -0.1) is 0 Å². The summed E-state index contributed by atoms with van der Waals surface area (Å²) >= 11 is 0. The number of carboxylic acid groups (broad SMARTS) is 1. The molecular weight excluding hydrogens is 483 g/mol. The molecule has 1 aromatic carbocycles. The Morgan fingerprint density at radius 3 is 2.36 bits per heavy atom. The molecule has 2 fully saturated rings. The average Bonchev–Trinajstić information content (AvgIpc) is 3.06. The topological polar surface area (TPSA) is 99.6 Å². The number of urea groups is 1. The summed E-state index contributed by atoms with van der Waals surface area (Å²) < 4.78 is 47.8. The number of esters is 1. The Morgan fingerprint density at radius 1 is 1.14 bits per heavy atom. The lowest BCUT2D eigenvalue weighted by molar-refractivity contribution is -0.189. The SMILES string of the molecule is COCCN1C(=O)N(CCC(=O)O)C[C@]12CC[C@](c1cccc(OC(=O)C(F)(F)F)c1)(N(C)C)CC2. The first-order valence-corrected chi connectivity index (χ1v) is 11.7. The van der Waals surface area contributed by atoms with E-state index in [0.717, 1.165) is 0 Å². The van der Waals surface area contributed by atoms with Gasteiger partial charge in [0.05, 0.1) is 18.6 Å². The normalized spacial score (nSPS) is 24.6. The third kappa shape index (κ3) is 5.59. The van der Waals surface area contributed by atoms with E-state index in [1.807, 2.05) is 19.0 Å². The van der Waals surface area contributed by atoms with Crippen molar-refractivity contribution in [2.45, 2.75) is 49.4 Å². The molecule has 1 N–H and O–H groups in total. The summed E-state index contributed by atoms with van der Waals surface area (Å²) in [5.41, 5.74) is -0.352. The van der Waals surface area contributed by atoms with Gasteiger partial charge in [-0.25, -0.2) is 9.59 Å². The molecule has 200 valence electrons. The summed E-state index contributed by atoms with van der Waals surface area (Å²) in [6, 6.07) is 5.91. The highest BCUT2D eigenvalue weighted by Gasteiger charge is 2.54. The molecule has 0 bridgehead atoms. The van der Waals surface area contributed by atoms with Crippen molar-refractivity contribution in [2.24, 2.45) is 0 Å². The Morgan fingerprint density at radius 2 is 1.81 bits per heavy atom. The molecule has 0 radical (unpaired) electrons. The van der Waals surface area contributed by atoms with Crippen molar-refractivity contribution < 1.29 is 42.1 Å². The fourth-order valence-corrected chi connectivity index (χ4v) is 5.37. The van der Waals surface area contributed by atoms with E-state index in [0.29, 0.717) is 50.9 Å². The molecule has 0 unspecified atom stereocenters. The third-order valence-corrected chi connectivity index (χ3v) is 7.35. The lowest BCUT2D eigenvalue weighted by atomic mass is 9.68. The minimum atomic E-state index is -5.10. The van der Waals surface area contributed by atoms with Crippen molar-refractivity contribution >= 4 is 18.0 Å². The number of nitrogens with zero attached hydrogens (tertiary/aromatic N) is 3. The molecule has 0 aromatic heterocycles. The maximum Gasteiger partial charge on any atom is 0.491 e. The highest BCUT2D eigenvalue weighted by atomic mass is 19.4. The first-order valence-electron chi connectivity index (χ1n) is 11.7. The first-order chi connectivity index (χ1) is 16.8. The van der Waals surface area contributed by atoms with Crippen LogP contribution >= 0.6 is 0 Å². The summed E-state index contributed by atoms with van der Waals surface area (Å²) in [6.07, 6.45) is -2.89. The van der Waals surface area contributed by atoms with E-state index in [1.54, 1.807) is 29.0 Å². The molecule has 12 heteroatoms. The molecule has 36 heavy (non-hydrogen) atoms. The van der Waals surface area contributed by atoms with Crippen molar-refractivity contribution in [2.75, 3.05) is 47.4 Å². The summed E-state index contributed by atoms with van der Waals surface area (Å²) in [4.78, 5) is 40.9. The van der Waals surface area contributed by atoms with Crippen LogP contribution in [0.2, 0.25) is 0 Å². The van der Waals surface area contributed by atoms with Crippen molar-refractivity contribution in [1.82, 2.24) is 14.7 Å². The molecule has 0 atom stereocenters. The summed E-state index contributed by atoms with van der Waals surface area (Å²) in [6.45, 7) is 1.23. The van der Waals surface area contributed by atoms with Crippen LogP contribution in [0.5, 0.6) is 5.75 Å². The monoisotopic (exact) mass is 515 g/mol. The maximum absolute atomic E-state index is 13.1. The van der Waals surface area contributed by atoms with Crippen LogP contribution in [0.1, 0.15) is 37.7 Å². The fraction of sp³-hybridized carbons (Fsp3) is 0.625. The van der Waals surface area contributed by atoms with Crippen LogP contribution in [0.4, 0.5) is 18.0 Å². The van der Waals surface area contributed by atoms with Crippen molar-refractivity contribution in [1.29, 1.82) is 0 Å². The number of carboxylic acids is 1. The van der Waals surface area contributed by atoms with Crippen LogP contribution in [-0.4, -0.2) is 96.9 Å².